The first-order valence-corrected chi connectivity index (χ1v) is 5.17. The Labute approximate surface area is 90.9 Å². The molecule has 2 atom stereocenters. The van der Waals surface area contributed by atoms with Gasteiger partial charge < -0.3 is 15.8 Å². The third kappa shape index (κ3) is 4.18. The van der Waals surface area contributed by atoms with E-state index >= 15 is 0 Å². The van der Waals surface area contributed by atoms with E-state index in [-0.39, 0.29) is 17.8 Å². The maximum absolute atomic E-state index is 11.7. The van der Waals surface area contributed by atoms with Gasteiger partial charge in [-0.25, -0.2) is 0 Å². The van der Waals surface area contributed by atoms with Gasteiger partial charge in [-0.2, -0.15) is 0 Å². The molecule has 88 valence electrons. The average molecular weight is 215 g/mol. The highest BCUT2D eigenvalue weighted by Crippen LogP contribution is 2.09. The minimum Gasteiger partial charge on any atom is -0.409 e. The van der Waals surface area contributed by atoms with Crippen LogP contribution in [0.3, 0.4) is 0 Å². The Morgan fingerprint density at radius 2 is 2.07 bits per heavy atom. The summed E-state index contributed by atoms with van der Waals surface area (Å²) in [7, 11) is 1.66. The molecule has 0 rings (SSSR count). The van der Waals surface area contributed by atoms with E-state index in [1.54, 1.807) is 14.0 Å². The van der Waals surface area contributed by atoms with Crippen molar-refractivity contribution in [2.45, 2.75) is 39.7 Å². The summed E-state index contributed by atoms with van der Waals surface area (Å²) in [5.41, 5.74) is 5.42. The molecule has 0 fully saturated rings. The number of nitrogens with zero attached hydrogens (tertiary/aromatic N) is 2. The molecule has 0 saturated heterocycles. The summed E-state index contributed by atoms with van der Waals surface area (Å²) in [5, 5.41) is 11.4. The molecule has 5 nitrogen and oxygen atoms in total. The van der Waals surface area contributed by atoms with E-state index < -0.39 is 0 Å². The highest BCUT2D eigenvalue weighted by molar-refractivity contribution is 5.89. The van der Waals surface area contributed by atoms with Crippen molar-refractivity contribution in [1.82, 2.24) is 4.90 Å². The van der Waals surface area contributed by atoms with Gasteiger partial charge in [-0.05, 0) is 12.8 Å². The summed E-state index contributed by atoms with van der Waals surface area (Å²) in [4.78, 5) is 13.2. The molecule has 0 spiro atoms. The van der Waals surface area contributed by atoms with Crippen molar-refractivity contribution in [2.24, 2.45) is 16.8 Å². The lowest BCUT2D eigenvalue weighted by molar-refractivity contribution is -0.131. The van der Waals surface area contributed by atoms with Gasteiger partial charge in [0.15, 0.2) is 5.84 Å². The maximum Gasteiger partial charge on any atom is 0.223 e. The summed E-state index contributed by atoms with van der Waals surface area (Å²) in [6.45, 7) is 5.80. The van der Waals surface area contributed by atoms with E-state index in [1.807, 2.05) is 13.8 Å². The Morgan fingerprint density at radius 1 is 1.53 bits per heavy atom. The molecule has 0 saturated carbocycles. The van der Waals surface area contributed by atoms with Crippen LogP contribution >= 0.6 is 0 Å². The monoisotopic (exact) mass is 215 g/mol. The Kier molecular flexibility index (Phi) is 5.74. The molecule has 0 aromatic rings. The minimum atomic E-state index is -0.369. The summed E-state index contributed by atoms with van der Waals surface area (Å²) in [5.74, 6) is 0.429. The van der Waals surface area contributed by atoms with Gasteiger partial charge in [0, 0.05) is 13.5 Å². The van der Waals surface area contributed by atoms with Gasteiger partial charge in [-0.1, -0.05) is 25.4 Å². The second-order valence-corrected chi connectivity index (χ2v) is 3.92. The summed E-state index contributed by atoms with van der Waals surface area (Å²) in [6.07, 6.45) is 1.47. The largest absolute Gasteiger partial charge is 0.409 e. The molecular weight excluding hydrogens is 194 g/mol. The van der Waals surface area contributed by atoms with Crippen molar-refractivity contribution in [3.63, 3.8) is 0 Å². The lowest BCUT2D eigenvalue weighted by Gasteiger charge is -2.24. The smallest absolute Gasteiger partial charge is 0.223 e. The van der Waals surface area contributed by atoms with Crippen molar-refractivity contribution in [1.29, 1.82) is 0 Å². The van der Waals surface area contributed by atoms with Crippen molar-refractivity contribution in [2.75, 3.05) is 7.05 Å². The van der Waals surface area contributed by atoms with Crippen LogP contribution in [0, 0.1) is 5.92 Å². The van der Waals surface area contributed by atoms with E-state index in [0.29, 0.717) is 12.3 Å². The predicted octanol–water partition coefficient (Wildman–Crippen LogP) is 1.02. The Hall–Kier alpha value is -1.26. The third-order valence-electron chi connectivity index (χ3n) is 2.74. The van der Waals surface area contributed by atoms with Crippen LogP contribution in [0.15, 0.2) is 5.16 Å². The third-order valence-corrected chi connectivity index (χ3v) is 2.74. The topological polar surface area (TPSA) is 78.9 Å². The lowest BCUT2D eigenvalue weighted by atomic mass is 10.0. The Balaban J connectivity index is 4.32. The average Bonchev–Trinajstić information content (AvgIpc) is 2.25. The van der Waals surface area contributed by atoms with Crippen LogP contribution in [-0.4, -0.2) is 34.9 Å². The molecule has 0 aromatic heterocycles. The van der Waals surface area contributed by atoms with E-state index in [1.165, 1.54) is 4.90 Å². The number of rotatable bonds is 5. The summed E-state index contributed by atoms with van der Waals surface area (Å²) < 4.78 is 0. The fourth-order valence-electron chi connectivity index (χ4n) is 1.08. The first kappa shape index (κ1) is 13.7. The number of carbonyl (C=O) groups excluding carboxylic acids is 1. The molecule has 0 aromatic carbocycles. The summed E-state index contributed by atoms with van der Waals surface area (Å²) >= 11 is 0. The Morgan fingerprint density at radius 3 is 2.47 bits per heavy atom. The molecule has 0 radical (unpaired) electrons. The van der Waals surface area contributed by atoms with Crippen molar-refractivity contribution in [3.8, 4) is 0 Å². The Bertz CT molecular complexity index is 241. The number of amidine groups is 1. The molecule has 15 heavy (non-hydrogen) atoms. The second-order valence-electron chi connectivity index (χ2n) is 3.92. The van der Waals surface area contributed by atoms with Crippen LogP contribution in [0.5, 0.6) is 0 Å². The normalized spacial score (nSPS) is 15.9. The molecule has 3 N–H and O–H groups in total. The van der Waals surface area contributed by atoms with Gasteiger partial charge in [0.1, 0.15) is 0 Å². The molecule has 1 amide bonds. The zero-order valence-corrected chi connectivity index (χ0v) is 9.90. The standard InChI is InChI=1S/C10H21N3O2/c1-5-7(2)6-9(14)13(4)8(3)10(11)12-15/h7-8,15H,5-6H2,1-4H3,(H2,11,12). The van der Waals surface area contributed by atoms with Crippen LogP contribution in [0.1, 0.15) is 33.6 Å². The molecular formula is C10H21N3O2. The van der Waals surface area contributed by atoms with Gasteiger partial charge in [0.05, 0.1) is 6.04 Å². The quantitative estimate of drug-likeness (QED) is 0.311. The van der Waals surface area contributed by atoms with Gasteiger partial charge in [0.25, 0.3) is 0 Å². The number of hydrogen-bond acceptors (Lipinski definition) is 3. The van der Waals surface area contributed by atoms with Crippen LogP contribution in [0.25, 0.3) is 0 Å². The van der Waals surface area contributed by atoms with Crippen molar-refractivity contribution >= 4 is 11.7 Å². The number of oxime groups is 1. The van der Waals surface area contributed by atoms with Crippen LogP contribution in [0.4, 0.5) is 0 Å². The summed E-state index contributed by atoms with van der Waals surface area (Å²) in [6, 6.07) is -0.369. The molecule has 0 aliphatic heterocycles. The highest BCUT2D eigenvalue weighted by Gasteiger charge is 2.20. The van der Waals surface area contributed by atoms with Gasteiger partial charge in [-0.3, -0.25) is 4.79 Å². The van der Waals surface area contributed by atoms with Crippen LogP contribution in [0.2, 0.25) is 0 Å². The molecule has 0 heterocycles. The van der Waals surface area contributed by atoms with Crippen molar-refractivity contribution < 1.29 is 10.0 Å². The first-order chi connectivity index (χ1) is 6.93. The van der Waals surface area contributed by atoms with Gasteiger partial charge >= 0.3 is 0 Å². The number of amides is 1. The number of nitrogens with two attached hydrogens (primary N) is 1. The first-order valence-electron chi connectivity index (χ1n) is 5.17. The van der Waals surface area contributed by atoms with Crippen LogP contribution in [-0.2, 0) is 4.79 Å². The molecule has 0 aliphatic rings. The predicted molar refractivity (Wildman–Crippen MR) is 59.7 cm³/mol. The fourth-order valence-corrected chi connectivity index (χ4v) is 1.08. The van der Waals surface area contributed by atoms with E-state index in [0.717, 1.165) is 6.42 Å². The van der Waals surface area contributed by atoms with E-state index in [4.69, 9.17) is 10.9 Å². The van der Waals surface area contributed by atoms with Crippen LogP contribution < -0.4 is 5.73 Å². The zero-order chi connectivity index (χ0) is 12.0. The SMILES string of the molecule is CCC(C)CC(=O)N(C)C(C)C(N)=NO. The van der Waals surface area contributed by atoms with E-state index in [2.05, 4.69) is 5.16 Å². The minimum absolute atomic E-state index is 0.0171. The number of hydrogen-bond donors (Lipinski definition) is 2. The van der Waals surface area contributed by atoms with Gasteiger partial charge in [0.2, 0.25) is 5.91 Å². The molecule has 0 aliphatic carbocycles. The second kappa shape index (κ2) is 6.27. The van der Waals surface area contributed by atoms with Gasteiger partial charge in [-0.15, -0.1) is 0 Å². The molecule has 0 bridgehead atoms. The highest BCUT2D eigenvalue weighted by atomic mass is 16.4. The van der Waals surface area contributed by atoms with Crippen molar-refractivity contribution in [3.05, 3.63) is 0 Å². The molecule has 2 unspecified atom stereocenters. The van der Waals surface area contributed by atoms with E-state index in [9.17, 15) is 4.79 Å². The number of likely N-dealkylation sites (N-methyl/N-ethyl adjacent to an activating group) is 1. The zero-order valence-electron chi connectivity index (χ0n) is 9.90. The lowest BCUT2D eigenvalue weighted by Crippen LogP contribution is -2.44. The maximum atomic E-state index is 11.7. The molecule has 5 heteroatoms. The number of carbonyl (C=O) groups is 1. The fraction of sp³-hybridized carbons (Fsp3) is 0.800.